The molecule has 1 atom stereocenters. The number of unbranched alkanes of at least 4 members (excludes halogenated alkanes) is 1. The van der Waals surface area contributed by atoms with E-state index in [0.29, 0.717) is 24.7 Å². The molecular formula is C12H22F3N5. The van der Waals surface area contributed by atoms with Crippen molar-refractivity contribution in [1.29, 1.82) is 0 Å². The second-order valence-electron chi connectivity index (χ2n) is 5.36. The Morgan fingerprint density at radius 3 is 2.50 bits per heavy atom. The van der Waals surface area contributed by atoms with Gasteiger partial charge in [0.05, 0.1) is 6.04 Å². The molecule has 0 saturated carbocycles. The van der Waals surface area contributed by atoms with Gasteiger partial charge in [0, 0.05) is 13.0 Å². The molecule has 0 aliphatic rings. The number of halogens is 3. The summed E-state index contributed by atoms with van der Waals surface area (Å²) in [7, 11) is 0. The highest BCUT2D eigenvalue weighted by Crippen LogP contribution is 2.22. The molecule has 116 valence electrons. The second-order valence-corrected chi connectivity index (χ2v) is 5.36. The number of alkyl halides is 3. The number of tetrazole rings is 1. The van der Waals surface area contributed by atoms with E-state index in [1.54, 1.807) is 4.68 Å². The lowest BCUT2D eigenvalue weighted by molar-refractivity contribution is -0.135. The monoisotopic (exact) mass is 293 g/mol. The van der Waals surface area contributed by atoms with Crippen molar-refractivity contribution < 1.29 is 13.2 Å². The van der Waals surface area contributed by atoms with E-state index in [4.69, 9.17) is 0 Å². The van der Waals surface area contributed by atoms with Crippen molar-refractivity contribution in [3.05, 3.63) is 5.82 Å². The summed E-state index contributed by atoms with van der Waals surface area (Å²) in [4.78, 5) is 0. The molecule has 1 aromatic heterocycles. The van der Waals surface area contributed by atoms with E-state index in [-0.39, 0.29) is 12.5 Å². The van der Waals surface area contributed by atoms with Crippen molar-refractivity contribution in [2.75, 3.05) is 6.54 Å². The van der Waals surface area contributed by atoms with E-state index < -0.39 is 12.6 Å². The molecule has 20 heavy (non-hydrogen) atoms. The van der Waals surface area contributed by atoms with Crippen molar-refractivity contribution in [3.63, 3.8) is 0 Å². The van der Waals surface area contributed by atoms with Crippen LogP contribution in [0.15, 0.2) is 0 Å². The van der Waals surface area contributed by atoms with Crippen LogP contribution in [0.1, 0.15) is 51.9 Å². The van der Waals surface area contributed by atoms with E-state index in [0.717, 1.165) is 6.54 Å². The summed E-state index contributed by atoms with van der Waals surface area (Å²) in [5.41, 5.74) is 0. The van der Waals surface area contributed by atoms with E-state index in [1.807, 2.05) is 6.92 Å². The molecule has 0 aliphatic carbocycles. The largest absolute Gasteiger partial charge is 0.389 e. The van der Waals surface area contributed by atoms with Crippen LogP contribution >= 0.6 is 0 Å². The van der Waals surface area contributed by atoms with Gasteiger partial charge >= 0.3 is 6.18 Å². The van der Waals surface area contributed by atoms with Crippen molar-refractivity contribution in [2.45, 2.75) is 58.8 Å². The molecule has 8 heteroatoms. The Hall–Kier alpha value is -1.18. The molecule has 1 aromatic rings. The van der Waals surface area contributed by atoms with E-state index in [1.165, 1.54) is 0 Å². The summed E-state index contributed by atoms with van der Waals surface area (Å²) in [5.74, 6) is 1.17. The van der Waals surface area contributed by atoms with Crippen molar-refractivity contribution in [1.82, 2.24) is 25.5 Å². The third-order valence-electron chi connectivity index (χ3n) is 2.86. The Bertz CT molecular complexity index is 389. The number of nitrogens with zero attached hydrogens (tertiary/aromatic N) is 4. The fourth-order valence-electron chi connectivity index (χ4n) is 1.77. The molecule has 0 spiro atoms. The standard InChI is InChI=1S/C12H22F3N5/c1-9(2)8-16-10(3)11-17-18-19-20(11)7-5-4-6-12(13,14)15/h9-10,16H,4-8H2,1-3H3. The molecule has 0 bridgehead atoms. The van der Waals surface area contributed by atoms with Gasteiger partial charge in [0.25, 0.3) is 0 Å². The molecule has 5 nitrogen and oxygen atoms in total. The van der Waals surface area contributed by atoms with Crippen LogP contribution in [0.4, 0.5) is 13.2 Å². The summed E-state index contributed by atoms with van der Waals surface area (Å²) in [6.07, 6.45) is -4.34. The van der Waals surface area contributed by atoms with Gasteiger partial charge in [-0.15, -0.1) is 5.10 Å². The van der Waals surface area contributed by atoms with E-state index in [2.05, 4.69) is 34.7 Å². The van der Waals surface area contributed by atoms with Crippen LogP contribution in [0, 0.1) is 5.92 Å². The minimum atomic E-state index is -4.09. The molecule has 1 rings (SSSR count). The predicted molar refractivity (Wildman–Crippen MR) is 69.0 cm³/mol. The minimum absolute atomic E-state index is 0.0185. The fraction of sp³-hybridized carbons (Fsp3) is 0.917. The van der Waals surface area contributed by atoms with Gasteiger partial charge in [-0.1, -0.05) is 13.8 Å². The zero-order valence-corrected chi connectivity index (χ0v) is 12.1. The van der Waals surface area contributed by atoms with Crippen molar-refractivity contribution in [2.24, 2.45) is 5.92 Å². The molecule has 0 saturated heterocycles. The zero-order valence-electron chi connectivity index (χ0n) is 12.1. The van der Waals surface area contributed by atoms with Gasteiger partial charge in [0.1, 0.15) is 0 Å². The number of aromatic nitrogens is 4. The highest BCUT2D eigenvalue weighted by Gasteiger charge is 2.26. The molecule has 1 unspecified atom stereocenters. The Kier molecular flexibility index (Phi) is 6.38. The lowest BCUT2D eigenvalue weighted by atomic mass is 10.2. The number of rotatable bonds is 8. The normalized spacial score (nSPS) is 13.9. The number of hydrogen-bond donors (Lipinski definition) is 1. The van der Waals surface area contributed by atoms with Gasteiger partial charge in [-0.25, -0.2) is 4.68 Å². The lowest BCUT2D eigenvalue weighted by Crippen LogP contribution is -2.26. The maximum Gasteiger partial charge on any atom is 0.389 e. The van der Waals surface area contributed by atoms with Gasteiger partial charge < -0.3 is 5.32 Å². The molecule has 1 N–H and O–H groups in total. The van der Waals surface area contributed by atoms with Gasteiger partial charge in [0.15, 0.2) is 5.82 Å². The topological polar surface area (TPSA) is 55.6 Å². The second kappa shape index (κ2) is 7.56. The number of aryl methyl sites for hydroxylation is 1. The third kappa shape index (κ3) is 6.31. The maximum atomic E-state index is 12.0. The maximum absolute atomic E-state index is 12.0. The number of nitrogens with one attached hydrogen (secondary N) is 1. The SMILES string of the molecule is CC(C)CNC(C)c1nnnn1CCCCC(F)(F)F. The summed E-state index contributed by atoms with van der Waals surface area (Å²) < 4.78 is 37.7. The molecule has 0 radical (unpaired) electrons. The average Bonchev–Trinajstić information content (AvgIpc) is 2.78. The van der Waals surface area contributed by atoms with Crippen molar-refractivity contribution in [3.8, 4) is 0 Å². The van der Waals surface area contributed by atoms with E-state index >= 15 is 0 Å². The van der Waals surface area contributed by atoms with Crippen LogP contribution in [-0.4, -0.2) is 32.9 Å². The van der Waals surface area contributed by atoms with E-state index in [9.17, 15) is 13.2 Å². The zero-order chi connectivity index (χ0) is 15.2. The highest BCUT2D eigenvalue weighted by atomic mass is 19.4. The molecule has 0 amide bonds. The van der Waals surface area contributed by atoms with Gasteiger partial charge in [-0.2, -0.15) is 13.2 Å². The molecule has 0 fully saturated rings. The van der Waals surface area contributed by atoms with Gasteiger partial charge in [0.2, 0.25) is 0 Å². The summed E-state index contributed by atoms with van der Waals surface area (Å²) in [6, 6.07) is -0.0185. The quantitative estimate of drug-likeness (QED) is 0.749. The lowest BCUT2D eigenvalue weighted by Gasteiger charge is -2.15. The van der Waals surface area contributed by atoms with Crippen LogP contribution in [0.3, 0.4) is 0 Å². The summed E-state index contributed by atoms with van der Waals surface area (Å²) in [6.45, 7) is 7.38. The predicted octanol–water partition coefficient (Wildman–Crippen LogP) is 2.71. The Morgan fingerprint density at radius 2 is 1.90 bits per heavy atom. The van der Waals surface area contributed by atoms with Crippen LogP contribution in [0.2, 0.25) is 0 Å². The molecule has 1 heterocycles. The number of hydrogen-bond acceptors (Lipinski definition) is 4. The fourth-order valence-corrected chi connectivity index (χ4v) is 1.77. The summed E-state index contributed by atoms with van der Waals surface area (Å²) >= 11 is 0. The first-order valence-corrected chi connectivity index (χ1v) is 6.86. The first kappa shape index (κ1) is 16.9. The molecule has 0 aromatic carbocycles. The van der Waals surface area contributed by atoms with Gasteiger partial charge in [-0.3, -0.25) is 0 Å². The Morgan fingerprint density at radius 1 is 1.20 bits per heavy atom. The van der Waals surface area contributed by atoms with Crippen LogP contribution in [-0.2, 0) is 6.54 Å². The van der Waals surface area contributed by atoms with Crippen LogP contribution in [0.25, 0.3) is 0 Å². The summed E-state index contributed by atoms with van der Waals surface area (Å²) in [5, 5.41) is 14.7. The first-order valence-electron chi connectivity index (χ1n) is 6.86. The minimum Gasteiger partial charge on any atom is -0.307 e. The first-order chi connectivity index (χ1) is 9.29. The average molecular weight is 293 g/mol. The third-order valence-corrected chi connectivity index (χ3v) is 2.86. The van der Waals surface area contributed by atoms with Crippen molar-refractivity contribution >= 4 is 0 Å². The molecular weight excluding hydrogens is 271 g/mol. The van der Waals surface area contributed by atoms with Crippen LogP contribution in [0.5, 0.6) is 0 Å². The van der Waals surface area contributed by atoms with Crippen LogP contribution < -0.4 is 5.32 Å². The molecule has 0 aliphatic heterocycles. The Labute approximate surface area is 116 Å². The highest BCUT2D eigenvalue weighted by molar-refractivity contribution is 4.89. The Balaban J connectivity index is 2.42. The smallest absolute Gasteiger partial charge is 0.307 e. The van der Waals surface area contributed by atoms with Gasteiger partial charge in [-0.05, 0) is 42.7 Å².